The molecule has 3 aromatic carbocycles. The molecule has 0 aliphatic heterocycles. The van der Waals surface area contributed by atoms with Crippen LogP contribution in [0, 0.1) is 5.92 Å². The van der Waals surface area contributed by atoms with Crippen LogP contribution in [0.2, 0.25) is 5.04 Å². The van der Waals surface area contributed by atoms with E-state index in [1.165, 1.54) is 10.4 Å². The normalized spacial score (nSPS) is 16.8. The summed E-state index contributed by atoms with van der Waals surface area (Å²) in [6.45, 7) is 7.40. The molecule has 0 saturated carbocycles. The molecule has 3 atom stereocenters. The molecule has 0 bridgehead atoms. The van der Waals surface area contributed by atoms with Gasteiger partial charge in [-0.3, -0.25) is 9.78 Å². The van der Waals surface area contributed by atoms with Crippen LogP contribution in [-0.2, 0) is 11.3 Å². The van der Waals surface area contributed by atoms with E-state index in [1.54, 1.807) is 12.4 Å². The number of anilines is 1. The Morgan fingerprint density at radius 1 is 0.930 bits per heavy atom. The third-order valence-corrected chi connectivity index (χ3v) is 12.3. The second-order valence-electron chi connectivity index (χ2n) is 12.3. The Labute approximate surface area is 261 Å². The van der Waals surface area contributed by atoms with E-state index in [2.05, 4.69) is 72.8 Å². The minimum absolute atomic E-state index is 0.0409. The second kappa shape index (κ2) is 13.6. The molecule has 7 heteroatoms. The summed E-state index contributed by atoms with van der Waals surface area (Å²) < 4.78 is 0. The number of hydrogen-bond donors (Lipinski definition) is 3. The Hall–Kier alpha value is -3.91. The molecule has 0 saturated heterocycles. The molecule has 5 nitrogen and oxygen atoms in total. The predicted molar refractivity (Wildman–Crippen MR) is 182 cm³/mol. The molecule has 1 aliphatic carbocycles. The predicted octanol–water partition coefficient (Wildman–Crippen LogP) is 5.72. The van der Waals surface area contributed by atoms with E-state index in [1.807, 2.05) is 60.7 Å². The van der Waals surface area contributed by atoms with Gasteiger partial charge in [-0.25, -0.2) is 0 Å². The lowest BCUT2D eigenvalue weighted by molar-refractivity contribution is -0.117. The molecular weight excluding hydrogens is 567 g/mol. The first-order valence-electron chi connectivity index (χ1n) is 14.8. The van der Waals surface area contributed by atoms with Crippen LogP contribution < -0.4 is 21.0 Å². The summed E-state index contributed by atoms with van der Waals surface area (Å²) in [6, 6.07) is 32.5. The summed E-state index contributed by atoms with van der Waals surface area (Å²) in [5.41, 5.74) is 4.06. The van der Waals surface area contributed by atoms with Gasteiger partial charge in [-0.1, -0.05) is 116 Å². The number of benzene rings is 3. The van der Waals surface area contributed by atoms with E-state index < -0.39 is 14.9 Å². The van der Waals surface area contributed by atoms with E-state index in [-0.39, 0.29) is 23.2 Å². The summed E-state index contributed by atoms with van der Waals surface area (Å²) in [5, 5.41) is 21.4. The highest BCUT2D eigenvalue weighted by Gasteiger charge is 2.37. The van der Waals surface area contributed by atoms with E-state index in [9.17, 15) is 9.90 Å². The fourth-order valence-electron chi connectivity index (χ4n) is 6.11. The van der Waals surface area contributed by atoms with Gasteiger partial charge < -0.3 is 15.7 Å². The van der Waals surface area contributed by atoms with Crippen molar-refractivity contribution in [3.63, 3.8) is 0 Å². The van der Waals surface area contributed by atoms with Gasteiger partial charge in [0.15, 0.2) is 5.78 Å². The van der Waals surface area contributed by atoms with Gasteiger partial charge in [0.25, 0.3) is 0 Å². The number of allylic oxidation sites excluding steroid dienone is 1. The molecule has 0 spiro atoms. The molecule has 220 valence electrons. The van der Waals surface area contributed by atoms with E-state index in [0.717, 1.165) is 22.5 Å². The highest BCUT2D eigenvalue weighted by atomic mass is 32.1. The van der Waals surface area contributed by atoms with Crippen LogP contribution in [0.15, 0.2) is 121 Å². The van der Waals surface area contributed by atoms with Gasteiger partial charge in [0.05, 0.1) is 11.7 Å². The van der Waals surface area contributed by atoms with Gasteiger partial charge in [-0.2, -0.15) is 0 Å². The molecule has 5 rings (SSSR count). The molecule has 1 aliphatic rings. The minimum Gasteiger partial charge on any atom is -0.388 e. The number of carbonyl (C=O) groups is 1. The number of carbonyl (C=O) groups excluding carboxylic acids is 1. The molecule has 4 aromatic rings. The van der Waals surface area contributed by atoms with Gasteiger partial charge >= 0.3 is 0 Å². The van der Waals surface area contributed by atoms with Crippen LogP contribution in [0.1, 0.15) is 50.8 Å². The monoisotopic (exact) mass is 605 g/mol. The first-order chi connectivity index (χ1) is 20.7. The number of Topliss-reactive ketones (excluding diaryl/α,β-unsaturated/α-hetero) is 1. The van der Waals surface area contributed by atoms with Gasteiger partial charge in [-0.15, -0.1) is 0 Å². The molecule has 0 radical (unpaired) electrons. The summed E-state index contributed by atoms with van der Waals surface area (Å²) in [7, 11) is -1.75. The zero-order chi connectivity index (χ0) is 30.4. The van der Waals surface area contributed by atoms with Crippen LogP contribution >= 0.6 is 12.2 Å². The van der Waals surface area contributed by atoms with Crippen molar-refractivity contribution in [3.8, 4) is 0 Å². The summed E-state index contributed by atoms with van der Waals surface area (Å²) in [6.07, 6.45) is 3.44. The molecule has 43 heavy (non-hydrogen) atoms. The third kappa shape index (κ3) is 7.36. The van der Waals surface area contributed by atoms with Gasteiger partial charge in [0.2, 0.25) is 0 Å². The Bertz CT molecular complexity index is 1590. The highest BCUT2D eigenvalue weighted by molar-refractivity contribution is 7.81. The smallest absolute Gasteiger partial charge is 0.167 e. The molecule has 1 aromatic heterocycles. The van der Waals surface area contributed by atoms with Crippen molar-refractivity contribution in [1.29, 1.82) is 0 Å². The van der Waals surface area contributed by atoms with Crippen LogP contribution in [-0.4, -0.2) is 29.7 Å². The Morgan fingerprint density at radius 2 is 1.56 bits per heavy atom. The summed E-state index contributed by atoms with van der Waals surface area (Å²) in [4.78, 5) is 18.4. The number of aliphatic hydroxyl groups is 1. The van der Waals surface area contributed by atoms with Crippen LogP contribution in [0.25, 0.3) is 0 Å². The average molecular weight is 606 g/mol. The first-order valence-corrected chi connectivity index (χ1v) is 16.9. The molecule has 0 fully saturated rings. The van der Waals surface area contributed by atoms with Gasteiger partial charge in [0, 0.05) is 42.7 Å². The molecule has 3 N–H and O–H groups in total. The van der Waals surface area contributed by atoms with Crippen LogP contribution in [0.4, 0.5) is 5.69 Å². The number of nitrogens with one attached hydrogen (secondary N) is 2. The standard InChI is InChI=1S/C36H39N3O2SSi/c1-36(2,3)43(28-14-8-5-9-15-28)32-17-11-10-16-29(32)34(41)26-22-30(38-24-25-18-20-37-21-19-25)33(31(40)23-26)35(42)39-27-12-6-4-7-13-27/h4-21,26,34,38,41,43H,22-24H2,1-3H3,(H,39,42). The molecule has 0 amide bonds. The average Bonchev–Trinajstić information content (AvgIpc) is 3.00. The zero-order valence-corrected chi connectivity index (χ0v) is 26.9. The Morgan fingerprint density at radius 3 is 2.23 bits per heavy atom. The number of aliphatic hydroxyl groups excluding tert-OH is 1. The lowest BCUT2D eigenvalue weighted by atomic mass is 9.80. The first kappa shape index (κ1) is 30.5. The van der Waals surface area contributed by atoms with Crippen LogP contribution in [0.5, 0.6) is 0 Å². The summed E-state index contributed by atoms with van der Waals surface area (Å²) >= 11 is 5.79. The number of ketones is 1. The largest absolute Gasteiger partial charge is 0.388 e. The van der Waals surface area contributed by atoms with E-state index in [4.69, 9.17) is 12.2 Å². The quantitative estimate of drug-likeness (QED) is 0.168. The van der Waals surface area contributed by atoms with Crippen molar-refractivity contribution >= 4 is 47.8 Å². The van der Waals surface area contributed by atoms with Crippen molar-refractivity contribution in [2.45, 2.75) is 51.3 Å². The van der Waals surface area contributed by atoms with Crippen molar-refractivity contribution in [3.05, 3.63) is 132 Å². The number of rotatable bonds is 9. The fourth-order valence-corrected chi connectivity index (χ4v) is 10.3. The van der Waals surface area contributed by atoms with E-state index in [0.29, 0.717) is 23.5 Å². The lowest BCUT2D eigenvalue weighted by Crippen LogP contribution is -2.51. The number of thiocarbonyl (C=S) groups is 1. The van der Waals surface area contributed by atoms with Gasteiger partial charge in [0.1, 0.15) is 13.8 Å². The number of aromatic nitrogens is 1. The maximum Gasteiger partial charge on any atom is 0.167 e. The third-order valence-electron chi connectivity index (χ3n) is 8.08. The highest BCUT2D eigenvalue weighted by Crippen LogP contribution is 2.37. The van der Waals surface area contributed by atoms with Gasteiger partial charge in [-0.05, 0) is 46.9 Å². The molecular formula is C36H39N3O2SSi. The van der Waals surface area contributed by atoms with Crippen molar-refractivity contribution < 1.29 is 9.90 Å². The number of hydrogen-bond acceptors (Lipinski definition) is 5. The Balaban J connectivity index is 1.48. The fraction of sp³-hybridized carbons (Fsp3) is 0.250. The number of pyridine rings is 1. The lowest BCUT2D eigenvalue weighted by Gasteiger charge is -2.35. The minimum atomic E-state index is -1.75. The zero-order valence-electron chi connectivity index (χ0n) is 25.0. The molecule has 3 unspecified atom stereocenters. The van der Waals surface area contributed by atoms with Crippen molar-refractivity contribution in [2.75, 3.05) is 5.32 Å². The topological polar surface area (TPSA) is 74.2 Å². The van der Waals surface area contributed by atoms with Crippen LogP contribution in [0.3, 0.4) is 0 Å². The Kier molecular flexibility index (Phi) is 9.65. The van der Waals surface area contributed by atoms with Crippen molar-refractivity contribution in [1.82, 2.24) is 10.3 Å². The SMILES string of the molecule is CC(C)(C)[SiH](c1ccccc1)c1ccccc1C(O)C1CC(=O)C(C(=S)Nc2ccccc2)=C(NCc2ccncc2)C1. The number of nitrogens with zero attached hydrogens (tertiary/aromatic N) is 1. The summed E-state index contributed by atoms with van der Waals surface area (Å²) in [5.74, 6) is -0.353. The maximum atomic E-state index is 13.9. The number of para-hydroxylation sites is 1. The molecule has 1 heterocycles. The van der Waals surface area contributed by atoms with E-state index >= 15 is 0 Å². The second-order valence-corrected chi connectivity index (χ2v) is 16.6. The maximum absolute atomic E-state index is 13.9. The van der Waals surface area contributed by atoms with Crippen molar-refractivity contribution in [2.24, 2.45) is 5.92 Å².